The van der Waals surface area contributed by atoms with Crippen LogP contribution in [0.15, 0.2) is 48.5 Å². The van der Waals surface area contributed by atoms with Crippen LogP contribution < -0.4 is 10.6 Å². The second kappa shape index (κ2) is 10.1. The van der Waals surface area contributed by atoms with Gasteiger partial charge < -0.3 is 20.5 Å². The number of hydrogen-bond donors (Lipinski definition) is 3. The molecule has 0 saturated heterocycles. The Bertz CT molecular complexity index is 991. The third-order valence-corrected chi connectivity index (χ3v) is 6.58. The summed E-state index contributed by atoms with van der Waals surface area (Å²) in [6.45, 7) is 2.51. The summed E-state index contributed by atoms with van der Waals surface area (Å²) in [5.74, 6) is -1.59. The number of ether oxygens (including phenoxy) is 1. The third-order valence-electron chi connectivity index (χ3n) is 6.58. The van der Waals surface area contributed by atoms with Crippen molar-refractivity contribution in [2.45, 2.75) is 44.6 Å². The van der Waals surface area contributed by atoms with Gasteiger partial charge in [-0.3, -0.25) is 9.59 Å². The molecule has 0 radical (unpaired) electrons. The average molecular weight is 451 g/mol. The number of carbonyl (C=O) groups is 3. The highest BCUT2D eigenvalue weighted by atomic mass is 16.5. The molecule has 33 heavy (non-hydrogen) atoms. The number of carbonyl (C=O) groups excluding carboxylic acids is 2. The van der Waals surface area contributed by atoms with Crippen LogP contribution in [0.25, 0.3) is 11.1 Å². The van der Waals surface area contributed by atoms with Gasteiger partial charge in [-0.15, -0.1) is 0 Å². The molecule has 2 aliphatic carbocycles. The lowest BCUT2D eigenvalue weighted by atomic mass is 9.98. The molecule has 3 atom stereocenters. The summed E-state index contributed by atoms with van der Waals surface area (Å²) >= 11 is 0. The second-order valence-corrected chi connectivity index (χ2v) is 8.85. The monoisotopic (exact) mass is 450 g/mol. The maximum Gasteiger partial charge on any atom is 0.407 e. The Balaban J connectivity index is 1.34. The van der Waals surface area contributed by atoms with E-state index in [2.05, 4.69) is 34.9 Å². The first-order chi connectivity index (χ1) is 16.0. The van der Waals surface area contributed by atoms with E-state index < -0.39 is 18.1 Å². The second-order valence-electron chi connectivity index (χ2n) is 8.85. The van der Waals surface area contributed by atoms with Gasteiger partial charge >= 0.3 is 12.1 Å². The Morgan fingerprint density at radius 3 is 2.27 bits per heavy atom. The Morgan fingerprint density at radius 2 is 1.70 bits per heavy atom. The fourth-order valence-corrected chi connectivity index (χ4v) is 4.59. The fraction of sp³-hybridized carbons (Fsp3) is 0.423. The SMILES string of the molecule is CCCC[C@H](NC(=O)OCC1c2ccccc2-c2ccccc21)C(=O)NCC1CC1C(=O)O. The number of carboxylic acid groups (broad SMARTS) is 1. The lowest BCUT2D eigenvalue weighted by Crippen LogP contribution is -2.47. The van der Waals surface area contributed by atoms with Gasteiger partial charge in [-0.05, 0) is 41.0 Å². The molecule has 0 spiro atoms. The van der Waals surface area contributed by atoms with Crippen LogP contribution in [0.2, 0.25) is 0 Å². The molecular formula is C26H30N2O5. The Morgan fingerprint density at radius 1 is 1.06 bits per heavy atom. The predicted octanol–water partition coefficient (Wildman–Crippen LogP) is 3.92. The Kier molecular flexibility index (Phi) is 6.96. The molecule has 2 unspecified atom stereocenters. The molecule has 174 valence electrons. The van der Waals surface area contributed by atoms with E-state index in [1.165, 1.54) is 0 Å². The van der Waals surface area contributed by atoms with Crippen LogP contribution in [0.3, 0.4) is 0 Å². The highest BCUT2D eigenvalue weighted by molar-refractivity contribution is 5.86. The molecule has 0 aromatic heterocycles. The average Bonchev–Trinajstić information content (AvgIpc) is 3.54. The molecule has 7 heteroatoms. The van der Waals surface area contributed by atoms with Gasteiger partial charge in [-0.25, -0.2) is 4.79 Å². The fourth-order valence-electron chi connectivity index (χ4n) is 4.59. The molecule has 2 aromatic carbocycles. The van der Waals surface area contributed by atoms with Gasteiger partial charge in [0.1, 0.15) is 12.6 Å². The van der Waals surface area contributed by atoms with Gasteiger partial charge in [-0.2, -0.15) is 0 Å². The zero-order valence-corrected chi connectivity index (χ0v) is 18.8. The van der Waals surface area contributed by atoms with Crippen molar-refractivity contribution < 1.29 is 24.2 Å². The molecule has 0 aliphatic heterocycles. The molecule has 0 heterocycles. The maximum absolute atomic E-state index is 12.7. The number of alkyl carbamates (subject to hydrolysis) is 1. The van der Waals surface area contributed by atoms with Crippen LogP contribution in [-0.2, 0) is 14.3 Å². The van der Waals surface area contributed by atoms with E-state index in [9.17, 15) is 14.4 Å². The summed E-state index contributed by atoms with van der Waals surface area (Å²) in [6.07, 6.45) is 2.13. The van der Waals surface area contributed by atoms with E-state index in [1.54, 1.807) is 0 Å². The van der Waals surface area contributed by atoms with Gasteiger partial charge in [0.25, 0.3) is 0 Å². The van der Waals surface area contributed by atoms with E-state index in [0.717, 1.165) is 35.1 Å². The van der Waals surface area contributed by atoms with Gasteiger partial charge in [0.2, 0.25) is 5.91 Å². The molecule has 2 aliphatic rings. The number of fused-ring (bicyclic) bond motifs is 3. The number of unbranched alkanes of at least 4 members (excludes halogenated alkanes) is 1. The summed E-state index contributed by atoms with van der Waals surface area (Å²) in [5.41, 5.74) is 4.57. The first-order valence-electron chi connectivity index (χ1n) is 11.6. The minimum atomic E-state index is -0.825. The molecule has 0 bridgehead atoms. The molecule has 3 N–H and O–H groups in total. The highest BCUT2D eigenvalue weighted by Crippen LogP contribution is 2.44. The quantitative estimate of drug-likeness (QED) is 0.509. The molecule has 2 aromatic rings. The molecule has 2 amide bonds. The van der Waals surface area contributed by atoms with Crippen LogP contribution >= 0.6 is 0 Å². The third kappa shape index (κ3) is 5.18. The van der Waals surface area contributed by atoms with Gasteiger partial charge in [0.15, 0.2) is 0 Å². The van der Waals surface area contributed by atoms with E-state index in [4.69, 9.17) is 9.84 Å². The van der Waals surface area contributed by atoms with Crippen LogP contribution in [-0.4, -0.2) is 42.3 Å². The summed E-state index contributed by atoms with van der Waals surface area (Å²) < 4.78 is 5.58. The molecule has 7 nitrogen and oxygen atoms in total. The number of hydrogen-bond acceptors (Lipinski definition) is 4. The minimum absolute atomic E-state index is 0.0345. The predicted molar refractivity (Wildman–Crippen MR) is 124 cm³/mol. The first kappa shape index (κ1) is 22.8. The van der Waals surface area contributed by atoms with Crippen molar-refractivity contribution in [1.82, 2.24) is 10.6 Å². The van der Waals surface area contributed by atoms with Crippen LogP contribution in [0.5, 0.6) is 0 Å². The smallest absolute Gasteiger partial charge is 0.407 e. The number of rotatable bonds is 10. The lowest BCUT2D eigenvalue weighted by molar-refractivity contribution is -0.139. The Labute approximate surface area is 193 Å². The van der Waals surface area contributed by atoms with Crippen molar-refractivity contribution in [1.29, 1.82) is 0 Å². The number of amides is 2. The van der Waals surface area contributed by atoms with Gasteiger partial charge in [-0.1, -0.05) is 68.3 Å². The van der Waals surface area contributed by atoms with E-state index in [-0.39, 0.29) is 30.3 Å². The standard InChI is InChI=1S/C26H30N2O5/c1-2-3-12-23(24(29)27-14-16-13-21(16)25(30)31)28-26(32)33-15-22-19-10-6-4-8-17(19)18-9-5-7-11-20(18)22/h4-11,16,21-23H,2-3,12-15H2,1H3,(H,27,29)(H,28,32)(H,30,31)/t16?,21?,23-/m0/s1. The molecule has 1 fully saturated rings. The largest absolute Gasteiger partial charge is 0.481 e. The van der Waals surface area contributed by atoms with Crippen molar-refractivity contribution in [3.05, 3.63) is 59.7 Å². The van der Waals surface area contributed by atoms with Crippen LogP contribution in [0.4, 0.5) is 4.79 Å². The van der Waals surface area contributed by atoms with E-state index in [0.29, 0.717) is 19.4 Å². The lowest BCUT2D eigenvalue weighted by Gasteiger charge is -2.19. The van der Waals surface area contributed by atoms with Gasteiger partial charge in [0, 0.05) is 12.5 Å². The Hall–Kier alpha value is -3.35. The maximum atomic E-state index is 12.7. The van der Waals surface area contributed by atoms with Crippen molar-refractivity contribution in [2.75, 3.05) is 13.2 Å². The topological polar surface area (TPSA) is 105 Å². The van der Waals surface area contributed by atoms with Crippen molar-refractivity contribution >= 4 is 18.0 Å². The zero-order valence-electron chi connectivity index (χ0n) is 18.8. The molecule has 1 saturated carbocycles. The molecule has 4 rings (SSSR count). The molecular weight excluding hydrogens is 420 g/mol. The number of aliphatic carboxylic acids is 1. The summed E-state index contributed by atoms with van der Waals surface area (Å²) in [7, 11) is 0. The van der Waals surface area contributed by atoms with Gasteiger partial charge in [0.05, 0.1) is 5.92 Å². The minimum Gasteiger partial charge on any atom is -0.481 e. The normalized spacial score (nSPS) is 19.2. The zero-order chi connectivity index (χ0) is 23.4. The number of nitrogens with one attached hydrogen (secondary N) is 2. The van der Waals surface area contributed by atoms with Crippen LogP contribution in [0, 0.1) is 11.8 Å². The highest BCUT2D eigenvalue weighted by Gasteiger charge is 2.43. The van der Waals surface area contributed by atoms with Crippen molar-refractivity contribution in [3.8, 4) is 11.1 Å². The number of carboxylic acids is 1. The van der Waals surface area contributed by atoms with Crippen LogP contribution in [0.1, 0.15) is 49.7 Å². The van der Waals surface area contributed by atoms with Crippen molar-refractivity contribution in [2.24, 2.45) is 11.8 Å². The summed E-state index contributed by atoms with van der Waals surface area (Å²) in [4.78, 5) is 36.2. The first-order valence-corrected chi connectivity index (χ1v) is 11.6. The van der Waals surface area contributed by atoms with Crippen molar-refractivity contribution in [3.63, 3.8) is 0 Å². The van der Waals surface area contributed by atoms with E-state index in [1.807, 2.05) is 31.2 Å². The number of benzene rings is 2. The summed E-state index contributed by atoms with van der Waals surface area (Å²) in [5, 5.41) is 14.5. The summed E-state index contributed by atoms with van der Waals surface area (Å²) in [6, 6.07) is 15.5. The van der Waals surface area contributed by atoms with E-state index >= 15 is 0 Å².